The Balaban J connectivity index is 1.58. The Bertz CT molecular complexity index is 644. The van der Waals surface area contributed by atoms with E-state index in [4.69, 9.17) is 0 Å². The zero-order valence-corrected chi connectivity index (χ0v) is 12.9. The van der Waals surface area contributed by atoms with Crippen LogP contribution in [0.5, 0.6) is 0 Å². The SMILES string of the molecule is O=C(CCc1ccccc1)N1C[C@@H](O)[C@](O)(Cn2cccn2)C1. The number of aliphatic hydroxyl groups is 2. The number of aromatic nitrogens is 2. The van der Waals surface area contributed by atoms with Gasteiger partial charge in [-0.2, -0.15) is 5.10 Å². The summed E-state index contributed by atoms with van der Waals surface area (Å²) < 4.78 is 1.57. The topological polar surface area (TPSA) is 78.6 Å². The van der Waals surface area contributed by atoms with Gasteiger partial charge in [0.05, 0.1) is 13.1 Å². The van der Waals surface area contributed by atoms with Gasteiger partial charge >= 0.3 is 0 Å². The Morgan fingerprint density at radius 3 is 2.78 bits per heavy atom. The van der Waals surface area contributed by atoms with Crippen LogP contribution in [0, 0.1) is 0 Å². The van der Waals surface area contributed by atoms with E-state index in [0.717, 1.165) is 5.56 Å². The third kappa shape index (κ3) is 3.60. The van der Waals surface area contributed by atoms with Crippen LogP contribution in [0.2, 0.25) is 0 Å². The first-order valence-corrected chi connectivity index (χ1v) is 7.76. The molecule has 122 valence electrons. The van der Waals surface area contributed by atoms with Gasteiger partial charge in [-0.25, -0.2) is 0 Å². The first-order valence-electron chi connectivity index (χ1n) is 7.76. The van der Waals surface area contributed by atoms with E-state index in [-0.39, 0.29) is 25.5 Å². The molecule has 3 rings (SSSR count). The highest BCUT2D eigenvalue weighted by atomic mass is 16.3. The van der Waals surface area contributed by atoms with Crippen molar-refractivity contribution in [2.24, 2.45) is 0 Å². The molecular weight excluding hydrogens is 294 g/mol. The van der Waals surface area contributed by atoms with E-state index < -0.39 is 11.7 Å². The highest BCUT2D eigenvalue weighted by Gasteiger charge is 2.46. The number of aryl methyl sites for hydroxylation is 1. The van der Waals surface area contributed by atoms with Gasteiger partial charge in [0, 0.05) is 25.4 Å². The highest BCUT2D eigenvalue weighted by molar-refractivity contribution is 5.77. The predicted molar refractivity (Wildman–Crippen MR) is 84.5 cm³/mol. The molecule has 0 saturated carbocycles. The summed E-state index contributed by atoms with van der Waals surface area (Å²) in [6.45, 7) is 0.455. The maximum absolute atomic E-state index is 12.3. The summed E-state index contributed by atoms with van der Waals surface area (Å²) in [5.41, 5.74) is -0.249. The second kappa shape index (κ2) is 6.52. The van der Waals surface area contributed by atoms with Crippen LogP contribution in [0.25, 0.3) is 0 Å². The summed E-state index contributed by atoms with van der Waals surface area (Å²) in [6, 6.07) is 11.6. The number of carbonyl (C=O) groups excluding carboxylic acids is 1. The van der Waals surface area contributed by atoms with Crippen LogP contribution in [-0.4, -0.2) is 55.6 Å². The number of aliphatic hydroxyl groups excluding tert-OH is 1. The lowest BCUT2D eigenvalue weighted by Gasteiger charge is -2.25. The van der Waals surface area contributed by atoms with E-state index in [9.17, 15) is 15.0 Å². The molecule has 0 spiro atoms. The van der Waals surface area contributed by atoms with Crippen molar-refractivity contribution >= 4 is 5.91 Å². The average Bonchev–Trinajstić information content (AvgIpc) is 3.15. The Hall–Kier alpha value is -2.18. The monoisotopic (exact) mass is 315 g/mol. The lowest BCUT2D eigenvalue weighted by atomic mass is 10.0. The molecular formula is C17H21N3O3. The summed E-state index contributed by atoms with van der Waals surface area (Å²) >= 11 is 0. The summed E-state index contributed by atoms with van der Waals surface area (Å²) in [5, 5.41) is 24.8. The third-order valence-corrected chi connectivity index (χ3v) is 4.30. The standard InChI is InChI=1S/C17H21N3O3/c21-15-11-19(12-17(15,23)13-20-10-4-9-18-20)16(22)8-7-14-5-2-1-3-6-14/h1-6,9-10,15,21,23H,7-8,11-13H2/t15-,17-/m1/s1. The molecule has 1 fully saturated rings. The summed E-state index contributed by atoms with van der Waals surface area (Å²) in [5.74, 6) is -0.0516. The molecule has 1 aliphatic heterocycles. The van der Waals surface area contributed by atoms with Gasteiger partial charge in [-0.3, -0.25) is 9.48 Å². The first-order chi connectivity index (χ1) is 11.1. The second-order valence-electron chi connectivity index (χ2n) is 6.08. The minimum atomic E-state index is -1.35. The van der Waals surface area contributed by atoms with Crippen molar-refractivity contribution in [1.82, 2.24) is 14.7 Å². The van der Waals surface area contributed by atoms with Crippen LogP contribution >= 0.6 is 0 Å². The maximum Gasteiger partial charge on any atom is 0.223 e. The fraction of sp³-hybridized carbons (Fsp3) is 0.412. The average molecular weight is 315 g/mol. The fourth-order valence-electron chi connectivity index (χ4n) is 2.95. The normalized spacial score (nSPS) is 24.1. The van der Waals surface area contributed by atoms with Gasteiger partial charge < -0.3 is 15.1 Å². The van der Waals surface area contributed by atoms with Gasteiger partial charge in [0.25, 0.3) is 0 Å². The molecule has 0 radical (unpaired) electrons. The molecule has 0 bridgehead atoms. The van der Waals surface area contributed by atoms with E-state index in [1.54, 1.807) is 23.1 Å². The van der Waals surface area contributed by atoms with E-state index in [1.165, 1.54) is 4.90 Å². The Kier molecular flexibility index (Phi) is 4.45. The van der Waals surface area contributed by atoms with Crippen molar-refractivity contribution < 1.29 is 15.0 Å². The van der Waals surface area contributed by atoms with Crippen LogP contribution in [-0.2, 0) is 17.8 Å². The van der Waals surface area contributed by atoms with Gasteiger partial charge in [0.1, 0.15) is 11.7 Å². The minimum absolute atomic E-state index is 0.0516. The summed E-state index contributed by atoms with van der Waals surface area (Å²) in [6.07, 6.45) is 3.41. The predicted octanol–water partition coefficient (Wildman–Crippen LogP) is 0.450. The molecule has 1 aromatic carbocycles. The molecule has 1 saturated heterocycles. The van der Waals surface area contributed by atoms with E-state index in [1.807, 2.05) is 30.3 Å². The van der Waals surface area contributed by atoms with Crippen molar-refractivity contribution in [2.75, 3.05) is 13.1 Å². The van der Waals surface area contributed by atoms with Crippen molar-refractivity contribution in [3.63, 3.8) is 0 Å². The van der Waals surface area contributed by atoms with Crippen molar-refractivity contribution in [1.29, 1.82) is 0 Å². The van der Waals surface area contributed by atoms with E-state index in [2.05, 4.69) is 5.10 Å². The zero-order chi connectivity index (χ0) is 16.3. The van der Waals surface area contributed by atoms with Gasteiger partial charge in [-0.1, -0.05) is 30.3 Å². The van der Waals surface area contributed by atoms with Gasteiger partial charge in [-0.05, 0) is 18.1 Å². The fourth-order valence-corrected chi connectivity index (χ4v) is 2.95. The number of benzene rings is 1. The highest BCUT2D eigenvalue weighted by Crippen LogP contribution is 2.24. The van der Waals surface area contributed by atoms with Crippen LogP contribution in [0.3, 0.4) is 0 Å². The molecule has 2 atom stereocenters. The van der Waals surface area contributed by atoms with Crippen LogP contribution in [0.1, 0.15) is 12.0 Å². The van der Waals surface area contributed by atoms with Crippen molar-refractivity contribution in [2.45, 2.75) is 31.1 Å². The number of hydrogen-bond acceptors (Lipinski definition) is 4. The number of likely N-dealkylation sites (tertiary alicyclic amines) is 1. The molecule has 0 unspecified atom stereocenters. The number of amides is 1. The van der Waals surface area contributed by atoms with Gasteiger partial charge in [0.2, 0.25) is 5.91 Å². The first kappa shape index (κ1) is 15.7. The largest absolute Gasteiger partial charge is 0.388 e. The Labute approximate surface area is 135 Å². The molecule has 1 aromatic heterocycles. The van der Waals surface area contributed by atoms with Crippen LogP contribution in [0.15, 0.2) is 48.8 Å². The third-order valence-electron chi connectivity index (χ3n) is 4.30. The number of nitrogens with zero attached hydrogens (tertiary/aromatic N) is 3. The van der Waals surface area contributed by atoms with E-state index in [0.29, 0.717) is 12.8 Å². The van der Waals surface area contributed by atoms with E-state index >= 15 is 0 Å². The van der Waals surface area contributed by atoms with Gasteiger partial charge in [0.15, 0.2) is 0 Å². The zero-order valence-electron chi connectivity index (χ0n) is 12.9. The number of rotatable bonds is 5. The molecule has 1 aliphatic rings. The number of hydrogen-bond donors (Lipinski definition) is 2. The van der Waals surface area contributed by atoms with Crippen molar-refractivity contribution in [3.05, 3.63) is 54.4 Å². The summed E-state index contributed by atoms with van der Waals surface area (Å²) in [4.78, 5) is 13.9. The number of β-amino-alcohol motifs (C(OH)–C–C–N with tert-alkyl or cyclic N) is 2. The second-order valence-corrected chi connectivity index (χ2v) is 6.08. The van der Waals surface area contributed by atoms with Crippen LogP contribution < -0.4 is 0 Å². The molecule has 6 nitrogen and oxygen atoms in total. The van der Waals surface area contributed by atoms with Crippen molar-refractivity contribution in [3.8, 4) is 0 Å². The molecule has 2 N–H and O–H groups in total. The minimum Gasteiger partial charge on any atom is -0.388 e. The van der Waals surface area contributed by atoms with Gasteiger partial charge in [-0.15, -0.1) is 0 Å². The molecule has 23 heavy (non-hydrogen) atoms. The Morgan fingerprint density at radius 1 is 1.30 bits per heavy atom. The molecule has 2 heterocycles. The molecule has 2 aromatic rings. The maximum atomic E-state index is 12.3. The lowest BCUT2D eigenvalue weighted by Crippen LogP contribution is -2.46. The summed E-state index contributed by atoms with van der Waals surface area (Å²) in [7, 11) is 0. The smallest absolute Gasteiger partial charge is 0.223 e. The molecule has 0 aliphatic carbocycles. The van der Waals surface area contributed by atoms with Crippen LogP contribution in [0.4, 0.5) is 0 Å². The molecule has 1 amide bonds. The number of carbonyl (C=O) groups is 1. The molecule has 6 heteroatoms. The quantitative estimate of drug-likeness (QED) is 0.840. The lowest BCUT2D eigenvalue weighted by molar-refractivity contribution is -0.131. The Morgan fingerprint density at radius 2 is 2.09 bits per heavy atom.